The third-order valence-corrected chi connectivity index (χ3v) is 2.42. The lowest BCUT2D eigenvalue weighted by Crippen LogP contribution is -2.11. The van der Waals surface area contributed by atoms with Crippen LogP contribution in [0, 0.1) is 6.92 Å². The highest BCUT2D eigenvalue weighted by Crippen LogP contribution is 2.08. The van der Waals surface area contributed by atoms with Crippen molar-refractivity contribution in [2.45, 2.75) is 13.3 Å². The van der Waals surface area contributed by atoms with E-state index >= 15 is 0 Å². The lowest BCUT2D eigenvalue weighted by Gasteiger charge is -2.02. The second-order valence-corrected chi connectivity index (χ2v) is 3.87. The number of carboxylic acid groups (broad SMARTS) is 1. The number of H-pyrrole nitrogens is 1. The summed E-state index contributed by atoms with van der Waals surface area (Å²) >= 11 is 0. The van der Waals surface area contributed by atoms with Gasteiger partial charge in [0.15, 0.2) is 0 Å². The molecule has 5 heteroatoms. The molecule has 0 saturated heterocycles. The van der Waals surface area contributed by atoms with Crippen molar-refractivity contribution in [3.63, 3.8) is 0 Å². The molecule has 1 heterocycles. The molecule has 0 bridgehead atoms. The van der Waals surface area contributed by atoms with Crippen LogP contribution in [0.5, 0.6) is 0 Å². The highest BCUT2D eigenvalue weighted by Gasteiger charge is 2.09. The van der Waals surface area contributed by atoms with Crippen LogP contribution < -0.4 is 5.56 Å². The molecule has 0 aliphatic carbocycles. The van der Waals surface area contributed by atoms with Crippen molar-refractivity contribution >= 4 is 5.97 Å². The molecule has 1 aromatic heterocycles. The van der Waals surface area contributed by atoms with Gasteiger partial charge in [-0.25, -0.2) is 0 Å². The van der Waals surface area contributed by atoms with Crippen molar-refractivity contribution < 1.29 is 9.90 Å². The highest BCUT2D eigenvalue weighted by atomic mass is 16.4. The van der Waals surface area contributed by atoms with E-state index in [1.54, 1.807) is 0 Å². The maximum atomic E-state index is 11.5. The summed E-state index contributed by atoms with van der Waals surface area (Å²) in [5.74, 6) is -1.02. The lowest BCUT2D eigenvalue weighted by molar-refractivity contribution is -0.136. The third kappa shape index (κ3) is 2.44. The molecule has 88 valence electrons. The minimum absolute atomic E-state index is 0.249. The molecule has 5 nitrogen and oxygen atoms in total. The number of hydrogen-bond donors (Lipinski definition) is 2. The Morgan fingerprint density at radius 3 is 2.88 bits per heavy atom. The average Bonchev–Trinajstić information content (AvgIpc) is 2.59. The van der Waals surface area contributed by atoms with Crippen molar-refractivity contribution in [2.75, 3.05) is 0 Å². The fraction of sp³-hybridized carbons (Fsp3) is 0.167. The first-order chi connectivity index (χ1) is 8.06. The van der Waals surface area contributed by atoms with Gasteiger partial charge >= 0.3 is 5.97 Å². The van der Waals surface area contributed by atoms with Gasteiger partial charge in [0.05, 0.1) is 12.1 Å². The molecule has 0 aliphatic rings. The second-order valence-electron chi connectivity index (χ2n) is 3.87. The van der Waals surface area contributed by atoms with E-state index in [2.05, 4.69) is 5.10 Å². The van der Waals surface area contributed by atoms with Crippen LogP contribution in [0.15, 0.2) is 35.3 Å². The number of hydrogen-bond acceptors (Lipinski definition) is 2. The van der Waals surface area contributed by atoms with E-state index in [1.807, 2.05) is 31.2 Å². The van der Waals surface area contributed by atoms with Gasteiger partial charge in [0, 0.05) is 11.8 Å². The second kappa shape index (κ2) is 4.29. The zero-order valence-electron chi connectivity index (χ0n) is 9.30. The largest absolute Gasteiger partial charge is 0.481 e. The zero-order valence-corrected chi connectivity index (χ0v) is 9.30. The van der Waals surface area contributed by atoms with E-state index in [0.717, 1.165) is 11.3 Å². The minimum Gasteiger partial charge on any atom is -0.481 e. The quantitative estimate of drug-likeness (QED) is 0.832. The van der Waals surface area contributed by atoms with Crippen molar-refractivity contribution in [1.82, 2.24) is 9.78 Å². The number of nitrogens with zero attached hydrogens (tertiary/aromatic N) is 1. The van der Waals surface area contributed by atoms with Crippen LogP contribution in [0.2, 0.25) is 0 Å². The fourth-order valence-electron chi connectivity index (χ4n) is 1.63. The molecule has 0 aliphatic heterocycles. The van der Waals surface area contributed by atoms with Crippen molar-refractivity contribution in [3.8, 4) is 5.69 Å². The SMILES string of the molecule is Cc1cccc(-n2cc(CC(=O)O)c(=O)[nH]2)c1. The van der Waals surface area contributed by atoms with Gasteiger partial charge in [0.2, 0.25) is 0 Å². The highest BCUT2D eigenvalue weighted by molar-refractivity contribution is 5.69. The Balaban J connectivity index is 2.41. The maximum Gasteiger partial charge on any atom is 0.308 e. The van der Waals surface area contributed by atoms with Crippen LogP contribution in [-0.4, -0.2) is 20.9 Å². The molecule has 0 saturated carbocycles. The molecular weight excluding hydrogens is 220 g/mol. The number of rotatable bonds is 3. The number of carbonyl (C=O) groups is 1. The molecule has 17 heavy (non-hydrogen) atoms. The van der Waals surface area contributed by atoms with Crippen molar-refractivity contribution in [2.24, 2.45) is 0 Å². The molecule has 0 atom stereocenters. The predicted octanol–water partition coefficient (Wildman–Crippen LogP) is 1.10. The molecule has 0 fully saturated rings. The molecule has 1 aromatic carbocycles. The van der Waals surface area contributed by atoms with Crippen LogP contribution in [0.4, 0.5) is 0 Å². The average molecular weight is 232 g/mol. The number of aromatic amines is 1. The Morgan fingerprint density at radius 2 is 2.24 bits per heavy atom. The number of carboxylic acids is 1. The lowest BCUT2D eigenvalue weighted by atomic mass is 10.2. The Bertz CT molecular complexity index is 610. The fourth-order valence-corrected chi connectivity index (χ4v) is 1.63. The molecule has 2 rings (SSSR count). The molecular formula is C12H12N2O3. The molecule has 0 unspecified atom stereocenters. The Labute approximate surface area is 97.3 Å². The minimum atomic E-state index is -1.02. The van der Waals surface area contributed by atoms with Crippen LogP contribution in [0.3, 0.4) is 0 Å². The van der Waals surface area contributed by atoms with E-state index in [4.69, 9.17) is 5.11 Å². The van der Waals surface area contributed by atoms with E-state index < -0.39 is 5.97 Å². The van der Waals surface area contributed by atoms with Crippen LogP contribution >= 0.6 is 0 Å². The first-order valence-corrected chi connectivity index (χ1v) is 5.15. The van der Waals surface area contributed by atoms with Crippen molar-refractivity contribution in [1.29, 1.82) is 0 Å². The first-order valence-electron chi connectivity index (χ1n) is 5.15. The van der Waals surface area contributed by atoms with Crippen LogP contribution in [0.1, 0.15) is 11.1 Å². The molecule has 0 spiro atoms. The van der Waals surface area contributed by atoms with Crippen LogP contribution in [-0.2, 0) is 11.2 Å². The van der Waals surface area contributed by atoms with Gasteiger partial charge in [-0.1, -0.05) is 12.1 Å². The van der Waals surface area contributed by atoms with Gasteiger partial charge in [0.1, 0.15) is 0 Å². The summed E-state index contributed by atoms with van der Waals surface area (Å²) in [7, 11) is 0. The first kappa shape index (κ1) is 11.2. The molecule has 2 aromatic rings. The number of aliphatic carboxylic acids is 1. The standard InChI is InChI=1S/C12H12N2O3/c1-8-3-2-4-10(5-8)14-7-9(6-11(15)16)12(17)13-14/h2-5,7H,6H2,1H3,(H,13,17)(H,15,16). The summed E-state index contributed by atoms with van der Waals surface area (Å²) in [6.07, 6.45) is 1.25. The maximum absolute atomic E-state index is 11.5. The van der Waals surface area contributed by atoms with Gasteiger partial charge in [-0.3, -0.25) is 19.4 Å². The van der Waals surface area contributed by atoms with E-state index in [9.17, 15) is 9.59 Å². The monoisotopic (exact) mass is 232 g/mol. The number of aryl methyl sites for hydroxylation is 1. The summed E-state index contributed by atoms with van der Waals surface area (Å²) in [6.45, 7) is 1.95. The zero-order chi connectivity index (χ0) is 12.4. The number of nitrogens with one attached hydrogen (secondary N) is 1. The van der Waals surface area contributed by atoms with E-state index in [1.165, 1.54) is 10.9 Å². The number of aromatic nitrogens is 2. The van der Waals surface area contributed by atoms with E-state index in [-0.39, 0.29) is 17.5 Å². The van der Waals surface area contributed by atoms with Crippen molar-refractivity contribution in [3.05, 3.63) is 51.9 Å². The summed E-state index contributed by atoms with van der Waals surface area (Å²) in [6, 6.07) is 7.57. The normalized spacial score (nSPS) is 10.4. The third-order valence-electron chi connectivity index (χ3n) is 2.42. The Kier molecular flexibility index (Phi) is 2.82. The predicted molar refractivity (Wildman–Crippen MR) is 62.5 cm³/mol. The number of benzene rings is 1. The van der Waals surface area contributed by atoms with Gasteiger partial charge < -0.3 is 5.11 Å². The molecule has 0 amide bonds. The van der Waals surface area contributed by atoms with Crippen LogP contribution in [0.25, 0.3) is 5.69 Å². The summed E-state index contributed by atoms with van der Waals surface area (Å²) in [4.78, 5) is 22.1. The smallest absolute Gasteiger partial charge is 0.308 e. The summed E-state index contributed by atoms with van der Waals surface area (Å²) < 4.78 is 1.54. The summed E-state index contributed by atoms with van der Waals surface area (Å²) in [5.41, 5.74) is 1.75. The van der Waals surface area contributed by atoms with Gasteiger partial charge in [-0.2, -0.15) is 0 Å². The molecule has 2 N–H and O–H groups in total. The molecule has 0 radical (unpaired) electrons. The Morgan fingerprint density at radius 1 is 1.47 bits per heavy atom. The Hall–Kier alpha value is -2.30. The van der Waals surface area contributed by atoms with Gasteiger partial charge in [0.25, 0.3) is 5.56 Å². The van der Waals surface area contributed by atoms with E-state index in [0.29, 0.717) is 0 Å². The summed E-state index contributed by atoms with van der Waals surface area (Å²) in [5, 5.41) is 11.2. The topological polar surface area (TPSA) is 75.1 Å². The van der Waals surface area contributed by atoms with Gasteiger partial charge in [-0.15, -0.1) is 0 Å². The van der Waals surface area contributed by atoms with Gasteiger partial charge in [-0.05, 0) is 24.6 Å².